The fraction of sp³-hybridized carbons (Fsp3) is 0.385. The number of hydrogen-bond donors (Lipinski definition) is 2. The summed E-state index contributed by atoms with van der Waals surface area (Å²) in [5.41, 5.74) is 6.21. The number of nitrogens with two attached hydrogens (primary N) is 1. The number of halogens is 2. The van der Waals surface area contributed by atoms with E-state index in [0.29, 0.717) is 18.8 Å². The summed E-state index contributed by atoms with van der Waals surface area (Å²) >= 11 is 12.0. The second-order valence-corrected chi connectivity index (χ2v) is 5.35. The largest absolute Gasteiger partial charge is 0.399 e. The van der Waals surface area contributed by atoms with Gasteiger partial charge in [0.1, 0.15) is 6.04 Å². The number of morpholine rings is 1. The highest BCUT2D eigenvalue weighted by atomic mass is 35.5. The van der Waals surface area contributed by atoms with Gasteiger partial charge in [-0.05, 0) is 12.1 Å². The molecular weight excluding hydrogens is 317 g/mol. The van der Waals surface area contributed by atoms with Crippen molar-refractivity contribution in [3.63, 3.8) is 0 Å². The molecule has 0 aliphatic carbocycles. The number of ether oxygens (including phenoxy) is 1. The van der Waals surface area contributed by atoms with E-state index in [1.165, 1.54) is 24.1 Å². The lowest BCUT2D eigenvalue weighted by atomic mass is 10.1. The number of rotatable bonds is 2. The van der Waals surface area contributed by atoms with Crippen LogP contribution < -0.4 is 11.1 Å². The van der Waals surface area contributed by atoms with E-state index in [-0.39, 0.29) is 28.1 Å². The van der Waals surface area contributed by atoms with Gasteiger partial charge in [0, 0.05) is 19.3 Å². The zero-order valence-corrected chi connectivity index (χ0v) is 12.9. The summed E-state index contributed by atoms with van der Waals surface area (Å²) in [7, 11) is 1.50. The Kier molecular flexibility index (Phi) is 4.92. The highest BCUT2D eigenvalue weighted by molar-refractivity contribution is 6.44. The number of amides is 2. The molecule has 114 valence electrons. The summed E-state index contributed by atoms with van der Waals surface area (Å²) in [6, 6.07) is 2.22. The van der Waals surface area contributed by atoms with E-state index in [0.717, 1.165) is 0 Å². The molecule has 0 spiro atoms. The zero-order chi connectivity index (χ0) is 15.6. The van der Waals surface area contributed by atoms with Gasteiger partial charge in [-0.25, -0.2) is 0 Å². The van der Waals surface area contributed by atoms with Crippen molar-refractivity contribution in [1.82, 2.24) is 10.2 Å². The Morgan fingerprint density at radius 3 is 2.81 bits per heavy atom. The average Bonchev–Trinajstić information content (AvgIpc) is 2.49. The second kappa shape index (κ2) is 6.51. The fourth-order valence-electron chi connectivity index (χ4n) is 2.15. The van der Waals surface area contributed by atoms with Gasteiger partial charge in [-0.1, -0.05) is 23.2 Å². The predicted molar refractivity (Wildman–Crippen MR) is 80.6 cm³/mol. The normalized spacial score (nSPS) is 18.4. The van der Waals surface area contributed by atoms with E-state index >= 15 is 0 Å². The molecule has 1 aromatic carbocycles. The maximum atomic E-state index is 12.6. The summed E-state index contributed by atoms with van der Waals surface area (Å²) in [6.45, 7) is 0.783. The van der Waals surface area contributed by atoms with Crippen LogP contribution in [0.25, 0.3) is 0 Å². The Balaban J connectivity index is 2.35. The summed E-state index contributed by atoms with van der Waals surface area (Å²) in [6.07, 6.45) is 0. The number of hydrogen-bond acceptors (Lipinski definition) is 4. The van der Waals surface area contributed by atoms with Crippen LogP contribution in [-0.2, 0) is 9.53 Å². The standard InChI is InChI=1S/C13H15Cl2N3O3/c1-17-12(19)10-6-21-3-2-18(10)13(20)8-4-7(16)5-9(14)11(8)15/h4-5,10H,2-3,6,16H2,1H3,(H,17,19). The number of likely N-dealkylation sites (N-methyl/N-ethyl adjacent to an activating group) is 1. The lowest BCUT2D eigenvalue weighted by Gasteiger charge is -2.34. The summed E-state index contributed by atoms with van der Waals surface area (Å²) < 4.78 is 5.26. The molecular formula is C13H15Cl2N3O3. The van der Waals surface area contributed by atoms with Crippen LogP contribution in [0.5, 0.6) is 0 Å². The highest BCUT2D eigenvalue weighted by Gasteiger charge is 2.33. The fourth-order valence-corrected chi connectivity index (χ4v) is 2.57. The molecule has 2 amide bonds. The molecule has 8 heteroatoms. The summed E-state index contributed by atoms with van der Waals surface area (Å²) in [4.78, 5) is 25.9. The van der Waals surface area contributed by atoms with Crippen LogP contribution in [0, 0.1) is 0 Å². The van der Waals surface area contributed by atoms with E-state index in [1.807, 2.05) is 0 Å². The minimum atomic E-state index is -0.701. The van der Waals surface area contributed by atoms with Gasteiger partial charge in [0.05, 0.1) is 28.8 Å². The molecule has 0 radical (unpaired) electrons. The molecule has 1 atom stereocenters. The van der Waals surface area contributed by atoms with Crippen LogP contribution in [0.4, 0.5) is 5.69 Å². The minimum absolute atomic E-state index is 0.123. The van der Waals surface area contributed by atoms with Gasteiger partial charge in [0.25, 0.3) is 5.91 Å². The number of nitrogens with zero attached hydrogens (tertiary/aromatic N) is 1. The number of benzene rings is 1. The van der Waals surface area contributed by atoms with Crippen LogP contribution in [0.1, 0.15) is 10.4 Å². The number of carbonyl (C=O) groups excluding carboxylic acids is 2. The number of anilines is 1. The van der Waals surface area contributed by atoms with E-state index in [9.17, 15) is 9.59 Å². The first-order valence-electron chi connectivity index (χ1n) is 6.30. The lowest BCUT2D eigenvalue weighted by molar-refractivity contribution is -0.130. The molecule has 0 saturated carbocycles. The van der Waals surface area contributed by atoms with Gasteiger partial charge in [-0.15, -0.1) is 0 Å². The van der Waals surface area contributed by atoms with E-state index < -0.39 is 11.9 Å². The van der Waals surface area contributed by atoms with Crippen molar-refractivity contribution in [2.75, 3.05) is 32.5 Å². The first-order chi connectivity index (χ1) is 9.95. The molecule has 1 aromatic rings. The first-order valence-corrected chi connectivity index (χ1v) is 7.06. The topological polar surface area (TPSA) is 84.7 Å². The third-order valence-corrected chi connectivity index (χ3v) is 4.02. The van der Waals surface area contributed by atoms with Gasteiger partial charge in [-0.3, -0.25) is 9.59 Å². The smallest absolute Gasteiger partial charge is 0.256 e. The van der Waals surface area contributed by atoms with Gasteiger partial charge < -0.3 is 20.7 Å². The number of nitrogens with one attached hydrogen (secondary N) is 1. The van der Waals surface area contributed by atoms with Gasteiger partial charge in [-0.2, -0.15) is 0 Å². The molecule has 21 heavy (non-hydrogen) atoms. The van der Waals surface area contributed by atoms with Crippen LogP contribution in [0.3, 0.4) is 0 Å². The average molecular weight is 332 g/mol. The maximum Gasteiger partial charge on any atom is 0.256 e. The second-order valence-electron chi connectivity index (χ2n) is 4.57. The molecule has 1 unspecified atom stereocenters. The van der Waals surface area contributed by atoms with Crippen LogP contribution in [-0.4, -0.2) is 49.6 Å². The number of nitrogen functional groups attached to an aromatic ring is 1. The monoisotopic (exact) mass is 331 g/mol. The molecule has 2 rings (SSSR count). The lowest BCUT2D eigenvalue weighted by Crippen LogP contribution is -2.55. The predicted octanol–water partition coefficient (Wildman–Crippen LogP) is 1.16. The molecule has 1 saturated heterocycles. The molecule has 1 fully saturated rings. The summed E-state index contributed by atoms with van der Waals surface area (Å²) in [5.74, 6) is -0.694. The van der Waals surface area contributed by atoms with Crippen molar-refractivity contribution in [2.24, 2.45) is 0 Å². The first kappa shape index (κ1) is 15.9. The van der Waals surface area contributed by atoms with Gasteiger partial charge in [0.15, 0.2) is 0 Å². The van der Waals surface area contributed by atoms with Gasteiger partial charge in [0.2, 0.25) is 5.91 Å². The quantitative estimate of drug-likeness (QED) is 0.796. The van der Waals surface area contributed by atoms with Crippen LogP contribution in [0.15, 0.2) is 12.1 Å². The molecule has 1 aliphatic rings. The Hall–Kier alpha value is -1.50. The molecule has 6 nitrogen and oxygen atoms in total. The zero-order valence-electron chi connectivity index (χ0n) is 11.4. The molecule has 1 aliphatic heterocycles. The van der Waals surface area contributed by atoms with E-state index in [1.54, 1.807) is 0 Å². The molecule has 3 N–H and O–H groups in total. The Morgan fingerprint density at radius 1 is 1.43 bits per heavy atom. The number of carbonyl (C=O) groups is 2. The Bertz CT molecular complexity index is 580. The Labute approximate surface area is 132 Å². The van der Waals surface area contributed by atoms with Gasteiger partial charge >= 0.3 is 0 Å². The Morgan fingerprint density at radius 2 is 2.14 bits per heavy atom. The minimum Gasteiger partial charge on any atom is -0.399 e. The third-order valence-electron chi connectivity index (χ3n) is 3.22. The van der Waals surface area contributed by atoms with Crippen LogP contribution >= 0.6 is 23.2 Å². The SMILES string of the molecule is CNC(=O)C1COCCN1C(=O)c1cc(N)cc(Cl)c1Cl. The van der Waals surface area contributed by atoms with Crippen molar-refractivity contribution >= 4 is 40.7 Å². The van der Waals surface area contributed by atoms with Crippen molar-refractivity contribution < 1.29 is 14.3 Å². The van der Waals surface area contributed by atoms with E-state index in [4.69, 9.17) is 33.7 Å². The van der Waals surface area contributed by atoms with Crippen molar-refractivity contribution in [3.05, 3.63) is 27.7 Å². The molecule has 0 aromatic heterocycles. The van der Waals surface area contributed by atoms with Crippen molar-refractivity contribution in [1.29, 1.82) is 0 Å². The maximum absolute atomic E-state index is 12.6. The van der Waals surface area contributed by atoms with Crippen molar-refractivity contribution in [3.8, 4) is 0 Å². The molecule has 0 bridgehead atoms. The van der Waals surface area contributed by atoms with Crippen molar-refractivity contribution in [2.45, 2.75) is 6.04 Å². The van der Waals surface area contributed by atoms with Crippen LogP contribution in [0.2, 0.25) is 10.0 Å². The summed E-state index contributed by atoms with van der Waals surface area (Å²) in [5, 5.41) is 2.83. The third kappa shape index (κ3) is 3.23. The highest BCUT2D eigenvalue weighted by Crippen LogP contribution is 2.30. The van der Waals surface area contributed by atoms with E-state index in [2.05, 4.69) is 5.32 Å². The molecule has 1 heterocycles.